The summed E-state index contributed by atoms with van der Waals surface area (Å²) in [6.45, 7) is 3.60. The highest BCUT2D eigenvalue weighted by Crippen LogP contribution is 2.26. The van der Waals surface area contributed by atoms with Crippen LogP contribution in [0.3, 0.4) is 0 Å². The highest BCUT2D eigenvalue weighted by atomic mass is 79.9. The lowest BCUT2D eigenvalue weighted by Crippen LogP contribution is -2.21. The first kappa shape index (κ1) is 21.7. The van der Waals surface area contributed by atoms with E-state index in [0.717, 1.165) is 21.2 Å². The number of amides is 1. The van der Waals surface area contributed by atoms with Gasteiger partial charge in [0.25, 0.3) is 5.91 Å². The zero-order valence-electron chi connectivity index (χ0n) is 17.7. The number of halogens is 1. The van der Waals surface area contributed by atoms with Crippen LogP contribution in [0.15, 0.2) is 77.3 Å². The van der Waals surface area contributed by atoms with Gasteiger partial charge < -0.3 is 10.1 Å². The van der Waals surface area contributed by atoms with Crippen molar-refractivity contribution in [2.75, 3.05) is 11.9 Å². The minimum absolute atomic E-state index is 0.368. The van der Waals surface area contributed by atoms with Crippen LogP contribution >= 0.6 is 15.9 Å². The zero-order chi connectivity index (χ0) is 22.7. The molecule has 0 unspecified atom stereocenters. The molecule has 0 aliphatic rings. The molecule has 1 amide bonds. The van der Waals surface area contributed by atoms with E-state index < -0.39 is 11.9 Å². The predicted molar refractivity (Wildman–Crippen MR) is 130 cm³/mol. The van der Waals surface area contributed by atoms with Gasteiger partial charge in [-0.3, -0.25) is 4.79 Å². The summed E-state index contributed by atoms with van der Waals surface area (Å²) in [4.78, 5) is 29.9. The van der Waals surface area contributed by atoms with Crippen LogP contribution in [0.1, 0.15) is 21.5 Å². The van der Waals surface area contributed by atoms with E-state index in [1.807, 2.05) is 80.6 Å². The van der Waals surface area contributed by atoms with Gasteiger partial charge in [-0.25, -0.2) is 9.78 Å². The summed E-state index contributed by atoms with van der Waals surface area (Å²) in [5.74, 6) is -0.967. The number of carbonyl (C=O) groups excluding carboxylic acids is 2. The fraction of sp³-hybridized carbons (Fsp3) is 0.115. The van der Waals surface area contributed by atoms with E-state index in [0.29, 0.717) is 27.8 Å². The number of ether oxygens (including phenoxy) is 1. The number of aryl methyl sites for hydroxylation is 2. The molecule has 6 heteroatoms. The number of rotatable bonds is 5. The van der Waals surface area contributed by atoms with Crippen molar-refractivity contribution in [3.8, 4) is 11.3 Å². The Morgan fingerprint density at radius 1 is 0.938 bits per heavy atom. The normalized spacial score (nSPS) is 10.7. The molecule has 3 aromatic carbocycles. The molecule has 0 saturated carbocycles. The Labute approximate surface area is 194 Å². The van der Waals surface area contributed by atoms with E-state index in [-0.39, 0.29) is 6.61 Å². The summed E-state index contributed by atoms with van der Waals surface area (Å²) in [6.07, 6.45) is 0. The summed E-state index contributed by atoms with van der Waals surface area (Å²) < 4.78 is 6.30. The number of nitrogens with one attached hydrogen (secondary N) is 1. The van der Waals surface area contributed by atoms with Crippen molar-refractivity contribution in [3.05, 3.63) is 94.0 Å². The molecule has 0 radical (unpaired) electrons. The Morgan fingerprint density at radius 3 is 2.44 bits per heavy atom. The SMILES string of the molecule is Cc1ccc(NC(=O)COC(=O)c2cc(-c3ccc(Br)cc3)nc3ccccc23)cc1C. The molecular weight excluding hydrogens is 468 g/mol. The molecule has 32 heavy (non-hydrogen) atoms. The quantitative estimate of drug-likeness (QED) is 0.345. The van der Waals surface area contributed by atoms with Crippen molar-refractivity contribution in [2.24, 2.45) is 0 Å². The Balaban J connectivity index is 1.55. The molecule has 0 fully saturated rings. The molecule has 0 bridgehead atoms. The summed E-state index contributed by atoms with van der Waals surface area (Å²) >= 11 is 3.43. The lowest BCUT2D eigenvalue weighted by molar-refractivity contribution is -0.119. The molecule has 0 aliphatic heterocycles. The topological polar surface area (TPSA) is 68.3 Å². The van der Waals surface area contributed by atoms with Crippen molar-refractivity contribution in [1.82, 2.24) is 4.98 Å². The van der Waals surface area contributed by atoms with Gasteiger partial charge in [0.2, 0.25) is 0 Å². The monoisotopic (exact) mass is 488 g/mol. The Morgan fingerprint density at radius 2 is 1.69 bits per heavy atom. The highest BCUT2D eigenvalue weighted by Gasteiger charge is 2.17. The number of hydrogen-bond acceptors (Lipinski definition) is 4. The van der Waals surface area contributed by atoms with Crippen LogP contribution in [0.2, 0.25) is 0 Å². The molecule has 1 N–H and O–H groups in total. The van der Waals surface area contributed by atoms with E-state index in [1.165, 1.54) is 0 Å². The summed E-state index contributed by atoms with van der Waals surface area (Å²) in [5.41, 5.74) is 5.46. The summed E-state index contributed by atoms with van der Waals surface area (Å²) in [6, 6.07) is 22.4. The fourth-order valence-electron chi connectivity index (χ4n) is 3.34. The zero-order valence-corrected chi connectivity index (χ0v) is 19.3. The second-order valence-electron chi connectivity index (χ2n) is 7.50. The number of para-hydroxylation sites is 1. The van der Waals surface area contributed by atoms with Gasteiger partial charge in [-0.05, 0) is 61.4 Å². The van der Waals surface area contributed by atoms with Gasteiger partial charge in [0.05, 0.1) is 16.8 Å². The number of nitrogens with zero attached hydrogens (tertiary/aromatic N) is 1. The van der Waals surface area contributed by atoms with Crippen molar-refractivity contribution >= 4 is 44.4 Å². The Hall–Kier alpha value is -3.51. The van der Waals surface area contributed by atoms with Crippen LogP contribution in [0.5, 0.6) is 0 Å². The van der Waals surface area contributed by atoms with E-state index in [2.05, 4.69) is 26.2 Å². The minimum atomic E-state index is -0.572. The number of esters is 1. The predicted octanol–water partition coefficient (Wildman–Crippen LogP) is 6.08. The van der Waals surface area contributed by atoms with Gasteiger partial charge in [0, 0.05) is 21.1 Å². The third kappa shape index (κ3) is 4.86. The van der Waals surface area contributed by atoms with Gasteiger partial charge >= 0.3 is 5.97 Å². The number of aromatic nitrogens is 1. The van der Waals surface area contributed by atoms with E-state index in [1.54, 1.807) is 6.07 Å². The lowest BCUT2D eigenvalue weighted by Gasteiger charge is -2.11. The molecule has 1 heterocycles. The first-order valence-electron chi connectivity index (χ1n) is 10.1. The molecular formula is C26H21BrN2O3. The van der Waals surface area contributed by atoms with Crippen LogP contribution in [0, 0.1) is 13.8 Å². The van der Waals surface area contributed by atoms with Gasteiger partial charge in [-0.1, -0.05) is 52.3 Å². The minimum Gasteiger partial charge on any atom is -0.452 e. The molecule has 4 rings (SSSR count). The number of fused-ring (bicyclic) bond motifs is 1. The number of pyridine rings is 1. The second-order valence-corrected chi connectivity index (χ2v) is 8.42. The standard InChI is InChI=1S/C26H21BrN2O3/c1-16-7-12-20(13-17(16)2)28-25(30)15-32-26(31)22-14-24(18-8-10-19(27)11-9-18)29-23-6-4-3-5-21(22)23/h3-14H,15H2,1-2H3,(H,28,30). The van der Waals surface area contributed by atoms with Crippen molar-refractivity contribution in [3.63, 3.8) is 0 Å². The molecule has 0 atom stereocenters. The van der Waals surface area contributed by atoms with E-state index in [9.17, 15) is 9.59 Å². The van der Waals surface area contributed by atoms with Crippen molar-refractivity contribution in [1.29, 1.82) is 0 Å². The van der Waals surface area contributed by atoms with Crippen LogP contribution in [0.25, 0.3) is 22.2 Å². The van der Waals surface area contributed by atoms with Crippen molar-refractivity contribution < 1.29 is 14.3 Å². The summed E-state index contributed by atoms with van der Waals surface area (Å²) in [5, 5.41) is 3.44. The fourth-order valence-corrected chi connectivity index (χ4v) is 3.60. The van der Waals surface area contributed by atoms with Crippen LogP contribution in [-0.2, 0) is 9.53 Å². The van der Waals surface area contributed by atoms with Crippen molar-refractivity contribution in [2.45, 2.75) is 13.8 Å². The van der Waals surface area contributed by atoms with Crippen LogP contribution in [-0.4, -0.2) is 23.5 Å². The number of benzene rings is 3. The van der Waals surface area contributed by atoms with Gasteiger partial charge in [-0.2, -0.15) is 0 Å². The third-order valence-corrected chi connectivity index (χ3v) is 5.73. The highest BCUT2D eigenvalue weighted by molar-refractivity contribution is 9.10. The van der Waals surface area contributed by atoms with Gasteiger partial charge in [0.1, 0.15) is 0 Å². The molecule has 160 valence electrons. The van der Waals surface area contributed by atoms with E-state index in [4.69, 9.17) is 4.74 Å². The molecule has 1 aromatic heterocycles. The maximum absolute atomic E-state index is 12.9. The first-order valence-corrected chi connectivity index (χ1v) is 10.9. The van der Waals surface area contributed by atoms with Crippen LogP contribution in [0.4, 0.5) is 5.69 Å². The molecule has 5 nitrogen and oxygen atoms in total. The molecule has 0 aliphatic carbocycles. The molecule has 4 aromatic rings. The largest absolute Gasteiger partial charge is 0.452 e. The maximum Gasteiger partial charge on any atom is 0.339 e. The third-order valence-electron chi connectivity index (χ3n) is 5.20. The molecule has 0 saturated heterocycles. The van der Waals surface area contributed by atoms with E-state index >= 15 is 0 Å². The van der Waals surface area contributed by atoms with Gasteiger partial charge in [-0.15, -0.1) is 0 Å². The second kappa shape index (κ2) is 9.32. The Bertz CT molecular complexity index is 1320. The average Bonchev–Trinajstić information content (AvgIpc) is 2.79. The smallest absolute Gasteiger partial charge is 0.339 e. The lowest BCUT2D eigenvalue weighted by atomic mass is 10.0. The van der Waals surface area contributed by atoms with Crippen LogP contribution < -0.4 is 5.32 Å². The summed E-state index contributed by atoms with van der Waals surface area (Å²) in [7, 11) is 0. The number of carbonyl (C=O) groups is 2. The first-order chi connectivity index (χ1) is 15.4. The Kier molecular flexibility index (Phi) is 6.32. The molecule has 0 spiro atoms. The maximum atomic E-state index is 12.9. The number of anilines is 1. The number of hydrogen-bond donors (Lipinski definition) is 1. The van der Waals surface area contributed by atoms with Gasteiger partial charge in [0.15, 0.2) is 6.61 Å². The average molecular weight is 489 g/mol.